The first kappa shape index (κ1) is 21.2. The first-order valence-corrected chi connectivity index (χ1v) is 10.8. The van der Waals surface area contributed by atoms with Crippen LogP contribution in [0.5, 0.6) is 0 Å². The lowest BCUT2D eigenvalue weighted by atomic mass is 9.70. The number of ether oxygens (including phenoxy) is 1. The summed E-state index contributed by atoms with van der Waals surface area (Å²) in [5.74, 6) is 0.0773. The Morgan fingerprint density at radius 2 is 2.18 bits per heavy atom. The van der Waals surface area contributed by atoms with Gasteiger partial charge in [0.05, 0.1) is 29.7 Å². The first-order chi connectivity index (χ1) is 13.2. The van der Waals surface area contributed by atoms with E-state index in [1.165, 1.54) is 0 Å². The van der Waals surface area contributed by atoms with Crippen LogP contribution in [0.1, 0.15) is 52.7 Å². The number of rotatable bonds is 5. The van der Waals surface area contributed by atoms with E-state index in [9.17, 15) is 10.1 Å². The second-order valence-corrected chi connectivity index (χ2v) is 9.24. The minimum Gasteiger partial charge on any atom is -0.373 e. The highest BCUT2D eigenvalue weighted by atomic mass is 79.9. The van der Waals surface area contributed by atoms with E-state index in [0.717, 1.165) is 35.4 Å². The zero-order valence-corrected chi connectivity index (χ0v) is 18.8. The second kappa shape index (κ2) is 8.10. The van der Waals surface area contributed by atoms with E-state index in [-0.39, 0.29) is 17.6 Å². The van der Waals surface area contributed by atoms with E-state index in [2.05, 4.69) is 45.7 Å². The number of hydrogen-bond donors (Lipinski definition) is 0. The molecule has 2 aliphatic rings. The molecule has 2 fully saturated rings. The molecule has 0 aromatic carbocycles. The molecule has 6 nitrogen and oxygen atoms in total. The molecule has 1 amide bonds. The third kappa shape index (κ3) is 3.96. The largest absolute Gasteiger partial charge is 0.373 e. The van der Waals surface area contributed by atoms with Crippen molar-refractivity contribution in [3.8, 4) is 6.07 Å². The minimum absolute atomic E-state index is 0.0134. The summed E-state index contributed by atoms with van der Waals surface area (Å²) in [5, 5.41) is 10.0. The fourth-order valence-electron chi connectivity index (χ4n) is 4.35. The van der Waals surface area contributed by atoms with E-state index >= 15 is 0 Å². The van der Waals surface area contributed by atoms with Crippen molar-refractivity contribution >= 4 is 27.5 Å². The molecule has 1 aromatic heterocycles. The van der Waals surface area contributed by atoms with Gasteiger partial charge in [0, 0.05) is 49.1 Å². The number of carbonyl (C=O) groups excluding carboxylic acids is 1. The third-order valence-corrected chi connectivity index (χ3v) is 6.26. The van der Waals surface area contributed by atoms with Crippen LogP contribution in [0.2, 0.25) is 0 Å². The SMILES string of the molecule is CCC(=O)N(c1cc(Br)cnc1CC)C1CC(C#N)(N2CCOC(C)(C)C2)C1. The summed E-state index contributed by atoms with van der Waals surface area (Å²) in [6, 6.07) is 4.55. The Balaban J connectivity index is 1.86. The van der Waals surface area contributed by atoms with Gasteiger partial charge >= 0.3 is 0 Å². The van der Waals surface area contributed by atoms with Gasteiger partial charge in [-0.25, -0.2) is 0 Å². The molecule has 1 saturated carbocycles. The number of halogens is 1. The van der Waals surface area contributed by atoms with Crippen LogP contribution in [0.25, 0.3) is 0 Å². The summed E-state index contributed by atoms with van der Waals surface area (Å²) in [7, 11) is 0. The van der Waals surface area contributed by atoms with E-state index in [1.54, 1.807) is 6.20 Å². The van der Waals surface area contributed by atoms with Gasteiger partial charge in [-0.1, -0.05) is 13.8 Å². The predicted molar refractivity (Wildman–Crippen MR) is 112 cm³/mol. The van der Waals surface area contributed by atoms with Gasteiger partial charge in [-0.2, -0.15) is 5.26 Å². The molecule has 1 saturated heterocycles. The standard InChI is InChI=1S/C21H29BrN4O2/c1-5-17-18(9-15(22)12-24-17)26(19(27)6-2)16-10-21(11-16,13-23)25-7-8-28-20(3,4)14-25/h9,12,16H,5-8,10-11,14H2,1-4H3. The Hall–Kier alpha value is -1.49. The Morgan fingerprint density at radius 3 is 2.75 bits per heavy atom. The van der Waals surface area contributed by atoms with Crippen LogP contribution < -0.4 is 4.90 Å². The zero-order valence-electron chi connectivity index (χ0n) is 17.2. The maximum absolute atomic E-state index is 12.9. The molecule has 7 heteroatoms. The van der Waals surface area contributed by atoms with Gasteiger partial charge in [0.25, 0.3) is 0 Å². The van der Waals surface area contributed by atoms with Gasteiger partial charge in [-0.15, -0.1) is 0 Å². The topological polar surface area (TPSA) is 69.5 Å². The lowest BCUT2D eigenvalue weighted by Gasteiger charge is -2.55. The summed E-state index contributed by atoms with van der Waals surface area (Å²) in [5.41, 5.74) is 0.994. The number of nitriles is 1. The van der Waals surface area contributed by atoms with Crippen molar-refractivity contribution < 1.29 is 9.53 Å². The molecule has 0 unspecified atom stereocenters. The summed E-state index contributed by atoms with van der Waals surface area (Å²) < 4.78 is 6.67. The molecule has 0 N–H and O–H groups in total. The molecule has 1 aromatic rings. The molecule has 0 atom stereocenters. The molecule has 3 rings (SSSR count). The number of aryl methyl sites for hydroxylation is 1. The van der Waals surface area contributed by atoms with Crippen molar-refractivity contribution in [2.75, 3.05) is 24.6 Å². The maximum Gasteiger partial charge on any atom is 0.227 e. The molecule has 2 heterocycles. The number of aromatic nitrogens is 1. The summed E-state index contributed by atoms with van der Waals surface area (Å²) in [6.45, 7) is 10.2. The molecule has 1 aliphatic carbocycles. The summed E-state index contributed by atoms with van der Waals surface area (Å²) in [6.07, 6.45) is 4.26. The Kier molecular flexibility index (Phi) is 6.14. The normalized spacial score (nSPS) is 26.9. The molecule has 28 heavy (non-hydrogen) atoms. The first-order valence-electron chi connectivity index (χ1n) is 10.0. The number of hydrogen-bond acceptors (Lipinski definition) is 5. The average molecular weight is 449 g/mol. The molecule has 1 aliphatic heterocycles. The van der Waals surface area contributed by atoms with Gasteiger partial charge in [-0.05, 0) is 42.3 Å². The highest BCUT2D eigenvalue weighted by Gasteiger charge is 2.54. The monoisotopic (exact) mass is 448 g/mol. The fourth-order valence-corrected chi connectivity index (χ4v) is 4.67. The Bertz CT molecular complexity index is 783. The van der Waals surface area contributed by atoms with Gasteiger partial charge in [0.1, 0.15) is 5.54 Å². The summed E-state index contributed by atoms with van der Waals surface area (Å²) >= 11 is 3.49. The van der Waals surface area contributed by atoms with Crippen molar-refractivity contribution in [1.82, 2.24) is 9.88 Å². The van der Waals surface area contributed by atoms with Gasteiger partial charge in [-0.3, -0.25) is 14.7 Å². The van der Waals surface area contributed by atoms with Crippen LogP contribution in [0.3, 0.4) is 0 Å². The number of amides is 1. The van der Waals surface area contributed by atoms with Gasteiger partial charge in [0.15, 0.2) is 0 Å². The molecule has 0 radical (unpaired) electrons. The Labute approximate surface area is 176 Å². The lowest BCUT2D eigenvalue weighted by Crippen LogP contribution is -2.67. The van der Waals surface area contributed by atoms with Crippen molar-refractivity contribution in [3.63, 3.8) is 0 Å². The number of pyridine rings is 1. The molecule has 152 valence electrons. The number of anilines is 1. The van der Waals surface area contributed by atoms with Crippen molar-refractivity contribution in [1.29, 1.82) is 5.26 Å². The molecular weight excluding hydrogens is 420 g/mol. The predicted octanol–water partition coefficient (Wildman–Crippen LogP) is 3.69. The van der Waals surface area contributed by atoms with Crippen LogP contribution in [0.15, 0.2) is 16.7 Å². The number of nitrogens with zero attached hydrogens (tertiary/aromatic N) is 4. The van der Waals surface area contributed by atoms with Crippen LogP contribution >= 0.6 is 15.9 Å². The molecule has 0 spiro atoms. The van der Waals surface area contributed by atoms with E-state index in [1.807, 2.05) is 24.8 Å². The maximum atomic E-state index is 12.9. The second-order valence-electron chi connectivity index (χ2n) is 8.33. The van der Waals surface area contributed by atoms with Crippen molar-refractivity contribution in [2.24, 2.45) is 0 Å². The smallest absolute Gasteiger partial charge is 0.227 e. The van der Waals surface area contributed by atoms with E-state index in [4.69, 9.17) is 4.74 Å². The highest BCUT2D eigenvalue weighted by molar-refractivity contribution is 9.10. The fraction of sp³-hybridized carbons (Fsp3) is 0.667. The van der Waals surface area contributed by atoms with Crippen LogP contribution in [0, 0.1) is 11.3 Å². The zero-order chi connectivity index (χ0) is 20.5. The Morgan fingerprint density at radius 1 is 1.46 bits per heavy atom. The van der Waals surface area contributed by atoms with Crippen molar-refractivity contribution in [2.45, 2.75) is 70.6 Å². The summed E-state index contributed by atoms with van der Waals surface area (Å²) in [4.78, 5) is 21.5. The van der Waals surface area contributed by atoms with Gasteiger partial charge in [0.2, 0.25) is 5.91 Å². The van der Waals surface area contributed by atoms with E-state index in [0.29, 0.717) is 25.9 Å². The van der Waals surface area contributed by atoms with Crippen LogP contribution in [-0.4, -0.2) is 52.7 Å². The minimum atomic E-state index is -0.524. The lowest BCUT2D eigenvalue weighted by molar-refractivity contribution is -0.127. The third-order valence-electron chi connectivity index (χ3n) is 5.83. The van der Waals surface area contributed by atoms with Crippen LogP contribution in [0.4, 0.5) is 5.69 Å². The number of morpholine rings is 1. The number of carbonyl (C=O) groups is 1. The highest BCUT2D eigenvalue weighted by Crippen LogP contribution is 2.44. The average Bonchev–Trinajstić information content (AvgIpc) is 2.63. The van der Waals surface area contributed by atoms with Gasteiger partial charge < -0.3 is 9.64 Å². The van der Waals surface area contributed by atoms with Crippen molar-refractivity contribution in [3.05, 3.63) is 22.4 Å². The quantitative estimate of drug-likeness (QED) is 0.686. The van der Waals surface area contributed by atoms with E-state index < -0.39 is 5.54 Å². The molecular formula is C21H29BrN4O2. The molecule has 0 bridgehead atoms. The van der Waals surface area contributed by atoms with Crippen LogP contribution in [-0.2, 0) is 16.0 Å².